The smallest absolute Gasteiger partial charge is 0.323 e. The van der Waals surface area contributed by atoms with Gasteiger partial charge in [0.15, 0.2) is 0 Å². The summed E-state index contributed by atoms with van der Waals surface area (Å²) in [5.74, 6) is 0. The Hall–Kier alpha value is -1.59. The Labute approximate surface area is 124 Å². The van der Waals surface area contributed by atoms with Crippen molar-refractivity contribution in [2.45, 2.75) is 44.8 Å². The standard InChI is InChI=1S/C16H23N3O2/c1-3-8-17-14(16(2)7-4-9-21-16)11-5-6-12-13(10-11)19-15(20)18-12/h5-6,10,14,17H,3-4,7-9H2,1-2H3,(H2,18,19,20). The molecule has 1 aromatic heterocycles. The maximum absolute atomic E-state index is 11.4. The number of hydrogen-bond acceptors (Lipinski definition) is 3. The highest BCUT2D eigenvalue weighted by molar-refractivity contribution is 5.75. The van der Waals surface area contributed by atoms with Gasteiger partial charge in [-0.05, 0) is 50.4 Å². The highest BCUT2D eigenvalue weighted by Crippen LogP contribution is 2.37. The van der Waals surface area contributed by atoms with Crippen LogP contribution < -0.4 is 11.0 Å². The van der Waals surface area contributed by atoms with Crippen LogP contribution in [0, 0.1) is 0 Å². The van der Waals surface area contributed by atoms with E-state index in [4.69, 9.17) is 4.74 Å². The number of H-pyrrole nitrogens is 2. The molecule has 2 aromatic rings. The van der Waals surface area contributed by atoms with E-state index in [1.807, 2.05) is 12.1 Å². The number of aromatic nitrogens is 2. The van der Waals surface area contributed by atoms with Crippen LogP contribution >= 0.6 is 0 Å². The summed E-state index contributed by atoms with van der Waals surface area (Å²) in [5.41, 5.74) is 2.51. The van der Waals surface area contributed by atoms with Crippen molar-refractivity contribution in [1.29, 1.82) is 0 Å². The van der Waals surface area contributed by atoms with Gasteiger partial charge < -0.3 is 20.0 Å². The van der Waals surface area contributed by atoms with Gasteiger partial charge in [0.05, 0.1) is 22.7 Å². The monoisotopic (exact) mass is 289 g/mol. The van der Waals surface area contributed by atoms with Gasteiger partial charge in [-0.3, -0.25) is 0 Å². The molecule has 0 spiro atoms. The number of rotatable bonds is 5. The van der Waals surface area contributed by atoms with E-state index in [0.717, 1.165) is 49.0 Å². The maximum atomic E-state index is 11.4. The summed E-state index contributed by atoms with van der Waals surface area (Å²) in [6, 6.07) is 6.23. The van der Waals surface area contributed by atoms with Gasteiger partial charge >= 0.3 is 5.69 Å². The minimum absolute atomic E-state index is 0.141. The molecule has 1 fully saturated rings. The normalized spacial score (nSPS) is 23.7. The van der Waals surface area contributed by atoms with Crippen molar-refractivity contribution in [1.82, 2.24) is 15.3 Å². The molecule has 0 radical (unpaired) electrons. The van der Waals surface area contributed by atoms with E-state index in [1.165, 1.54) is 0 Å². The first-order valence-corrected chi connectivity index (χ1v) is 7.72. The third-order valence-corrected chi connectivity index (χ3v) is 4.33. The van der Waals surface area contributed by atoms with Crippen LogP contribution in [0.15, 0.2) is 23.0 Å². The van der Waals surface area contributed by atoms with Gasteiger partial charge in [0.2, 0.25) is 0 Å². The number of aromatic amines is 2. The number of benzene rings is 1. The van der Waals surface area contributed by atoms with E-state index in [2.05, 4.69) is 35.2 Å². The number of ether oxygens (including phenoxy) is 1. The predicted octanol–water partition coefficient (Wildman–Crippen LogP) is 2.47. The highest BCUT2D eigenvalue weighted by Gasteiger charge is 2.39. The third-order valence-electron chi connectivity index (χ3n) is 4.33. The van der Waals surface area contributed by atoms with E-state index in [0.29, 0.717) is 0 Å². The molecule has 0 aliphatic carbocycles. The Bertz CT molecular complexity index is 667. The van der Waals surface area contributed by atoms with Gasteiger partial charge in [-0.25, -0.2) is 4.79 Å². The molecule has 1 aliphatic rings. The molecule has 3 N–H and O–H groups in total. The van der Waals surface area contributed by atoms with Crippen LogP contribution in [0.4, 0.5) is 0 Å². The second kappa shape index (κ2) is 5.66. The topological polar surface area (TPSA) is 69.9 Å². The first-order chi connectivity index (χ1) is 10.1. The molecule has 1 saturated heterocycles. The fraction of sp³-hybridized carbons (Fsp3) is 0.562. The summed E-state index contributed by atoms with van der Waals surface area (Å²) in [6.07, 6.45) is 3.23. The fourth-order valence-corrected chi connectivity index (χ4v) is 3.23. The number of imidazole rings is 1. The Morgan fingerprint density at radius 3 is 2.90 bits per heavy atom. The van der Waals surface area contributed by atoms with Crippen LogP contribution in [0.3, 0.4) is 0 Å². The van der Waals surface area contributed by atoms with E-state index in [9.17, 15) is 4.79 Å². The zero-order valence-electron chi connectivity index (χ0n) is 12.7. The SMILES string of the molecule is CCCNC(c1ccc2[nH]c(=O)[nH]c2c1)C1(C)CCCO1. The summed E-state index contributed by atoms with van der Waals surface area (Å²) < 4.78 is 6.03. The average Bonchev–Trinajstić information content (AvgIpc) is 3.04. The molecule has 2 heterocycles. The van der Waals surface area contributed by atoms with Gasteiger partial charge in [0.25, 0.3) is 0 Å². The first-order valence-electron chi connectivity index (χ1n) is 7.72. The van der Waals surface area contributed by atoms with Crippen molar-refractivity contribution in [3.05, 3.63) is 34.2 Å². The van der Waals surface area contributed by atoms with Crippen molar-refractivity contribution in [3.63, 3.8) is 0 Å². The quantitative estimate of drug-likeness (QED) is 0.792. The van der Waals surface area contributed by atoms with E-state index in [1.54, 1.807) is 0 Å². The van der Waals surface area contributed by atoms with Gasteiger partial charge in [-0.1, -0.05) is 13.0 Å². The molecule has 5 heteroatoms. The van der Waals surface area contributed by atoms with Crippen molar-refractivity contribution >= 4 is 11.0 Å². The molecule has 1 aliphatic heterocycles. The van der Waals surface area contributed by atoms with Crippen molar-refractivity contribution in [2.75, 3.05) is 13.2 Å². The second-order valence-electron chi connectivity index (χ2n) is 6.04. The van der Waals surface area contributed by atoms with Crippen LogP contribution in [-0.2, 0) is 4.74 Å². The molecule has 0 saturated carbocycles. The molecule has 2 unspecified atom stereocenters. The third kappa shape index (κ3) is 2.76. The van der Waals surface area contributed by atoms with E-state index in [-0.39, 0.29) is 17.3 Å². The molecule has 3 rings (SSSR count). The van der Waals surface area contributed by atoms with Crippen LogP contribution in [0.1, 0.15) is 44.7 Å². The Morgan fingerprint density at radius 1 is 1.38 bits per heavy atom. The second-order valence-corrected chi connectivity index (χ2v) is 6.04. The zero-order chi connectivity index (χ0) is 14.9. The minimum Gasteiger partial charge on any atom is -0.373 e. The molecular formula is C16H23N3O2. The molecule has 21 heavy (non-hydrogen) atoms. The number of hydrogen-bond donors (Lipinski definition) is 3. The van der Waals surface area contributed by atoms with Crippen LogP contribution in [0.5, 0.6) is 0 Å². The van der Waals surface area contributed by atoms with Crippen molar-refractivity contribution < 1.29 is 4.74 Å². The van der Waals surface area contributed by atoms with Crippen LogP contribution in [0.2, 0.25) is 0 Å². The molecular weight excluding hydrogens is 266 g/mol. The van der Waals surface area contributed by atoms with Crippen molar-refractivity contribution in [3.8, 4) is 0 Å². The average molecular weight is 289 g/mol. The Kier molecular flexibility index (Phi) is 3.87. The lowest BCUT2D eigenvalue weighted by atomic mass is 9.87. The number of fused-ring (bicyclic) bond motifs is 1. The molecule has 5 nitrogen and oxygen atoms in total. The van der Waals surface area contributed by atoms with E-state index < -0.39 is 0 Å². The summed E-state index contributed by atoms with van der Waals surface area (Å²) in [4.78, 5) is 17.0. The molecule has 2 atom stereocenters. The molecule has 0 bridgehead atoms. The Morgan fingerprint density at radius 2 is 2.19 bits per heavy atom. The largest absolute Gasteiger partial charge is 0.373 e. The van der Waals surface area contributed by atoms with Gasteiger partial charge in [0, 0.05) is 6.61 Å². The van der Waals surface area contributed by atoms with Gasteiger partial charge in [0.1, 0.15) is 0 Å². The highest BCUT2D eigenvalue weighted by atomic mass is 16.5. The Balaban J connectivity index is 1.98. The van der Waals surface area contributed by atoms with Crippen LogP contribution in [0.25, 0.3) is 11.0 Å². The number of nitrogens with one attached hydrogen (secondary N) is 3. The predicted molar refractivity (Wildman–Crippen MR) is 83.5 cm³/mol. The fourth-order valence-electron chi connectivity index (χ4n) is 3.23. The van der Waals surface area contributed by atoms with Crippen LogP contribution in [-0.4, -0.2) is 28.7 Å². The first kappa shape index (κ1) is 14.4. The summed E-state index contributed by atoms with van der Waals surface area (Å²) in [7, 11) is 0. The molecule has 0 amide bonds. The lowest BCUT2D eigenvalue weighted by Crippen LogP contribution is -2.41. The molecule has 114 valence electrons. The van der Waals surface area contributed by atoms with Gasteiger partial charge in [-0.2, -0.15) is 0 Å². The lowest BCUT2D eigenvalue weighted by Gasteiger charge is -2.34. The van der Waals surface area contributed by atoms with Crippen molar-refractivity contribution in [2.24, 2.45) is 0 Å². The van der Waals surface area contributed by atoms with Gasteiger partial charge in [-0.15, -0.1) is 0 Å². The summed E-state index contributed by atoms with van der Waals surface area (Å²) in [6.45, 7) is 6.11. The summed E-state index contributed by atoms with van der Waals surface area (Å²) >= 11 is 0. The van der Waals surface area contributed by atoms with E-state index >= 15 is 0 Å². The summed E-state index contributed by atoms with van der Waals surface area (Å²) in [5, 5.41) is 3.61. The maximum Gasteiger partial charge on any atom is 0.323 e. The lowest BCUT2D eigenvalue weighted by molar-refractivity contribution is -0.0124. The minimum atomic E-state index is -0.181. The zero-order valence-corrected chi connectivity index (χ0v) is 12.7. The molecule has 1 aromatic carbocycles.